The molecule has 0 N–H and O–H groups in total. The number of aromatic nitrogens is 4. The molecule has 0 aliphatic carbocycles. The van der Waals surface area contributed by atoms with Gasteiger partial charge in [-0.05, 0) is 152 Å². The smallest absolute Gasteiger partial charge is 0.161 e. The van der Waals surface area contributed by atoms with Crippen LogP contribution >= 0.6 is 0 Å². The SMILES string of the molecule is c1ccc(-c2cc(-c3cc(-c4ccc5oc6ccccc6c5c4)cc(-c4ccc5oc6ccccc6c5c4)c3)nc(-c3cccc4ccccc34)n2)cc1.c1ccc(-c2cc(-c3cc(-c4cccc5c4oc4ccccc45)cc(-c4cccc5c4oc4ccccc45)c3)nc(-c3cccc4ccccc34)n2)cc1. The molecule has 504 valence electrons. The van der Waals surface area contributed by atoms with Crippen LogP contribution in [0.1, 0.15) is 0 Å². The summed E-state index contributed by atoms with van der Waals surface area (Å²) in [6.07, 6.45) is 0. The van der Waals surface area contributed by atoms with Crippen molar-refractivity contribution in [2.45, 2.75) is 0 Å². The van der Waals surface area contributed by atoms with Gasteiger partial charge < -0.3 is 17.7 Å². The summed E-state index contributed by atoms with van der Waals surface area (Å²) in [5, 5.41) is 13.3. The molecule has 0 fully saturated rings. The second-order valence-electron chi connectivity index (χ2n) is 27.5. The quantitative estimate of drug-likeness (QED) is 0.133. The fourth-order valence-corrected chi connectivity index (χ4v) is 15.7. The highest BCUT2D eigenvalue weighted by Crippen LogP contribution is 2.45. The summed E-state index contributed by atoms with van der Waals surface area (Å²) < 4.78 is 25.6. The van der Waals surface area contributed by atoms with E-state index in [4.69, 9.17) is 37.6 Å². The second-order valence-corrected chi connectivity index (χ2v) is 27.5. The van der Waals surface area contributed by atoms with Gasteiger partial charge in [-0.1, -0.05) is 267 Å². The largest absolute Gasteiger partial charge is 0.456 e. The molecule has 22 aromatic rings. The Morgan fingerprint density at radius 3 is 0.889 bits per heavy atom. The van der Waals surface area contributed by atoms with Gasteiger partial charge in [-0.15, -0.1) is 0 Å². The first kappa shape index (κ1) is 62.0. The van der Waals surface area contributed by atoms with Gasteiger partial charge in [-0.3, -0.25) is 0 Å². The van der Waals surface area contributed by atoms with Crippen molar-refractivity contribution < 1.29 is 17.7 Å². The number of rotatable bonds is 10. The first-order valence-corrected chi connectivity index (χ1v) is 36.3. The van der Waals surface area contributed by atoms with E-state index in [1.54, 1.807) is 0 Å². The van der Waals surface area contributed by atoms with Gasteiger partial charge >= 0.3 is 0 Å². The van der Waals surface area contributed by atoms with E-state index in [0.717, 1.165) is 210 Å². The van der Waals surface area contributed by atoms with Crippen LogP contribution in [0, 0.1) is 0 Å². The number of fused-ring (bicyclic) bond motifs is 14. The van der Waals surface area contributed by atoms with Crippen LogP contribution in [-0.2, 0) is 0 Å². The fourth-order valence-electron chi connectivity index (χ4n) is 15.7. The monoisotopic (exact) mass is 1380 g/mol. The van der Waals surface area contributed by atoms with Gasteiger partial charge in [0, 0.05) is 87.6 Å². The molecule has 0 aliphatic rings. The number of hydrogen-bond acceptors (Lipinski definition) is 8. The topological polar surface area (TPSA) is 104 Å². The molecular weight excluding hydrogens is 1320 g/mol. The third-order valence-electron chi connectivity index (χ3n) is 21.0. The van der Waals surface area contributed by atoms with Gasteiger partial charge in [0.2, 0.25) is 0 Å². The minimum Gasteiger partial charge on any atom is -0.456 e. The van der Waals surface area contributed by atoms with Crippen LogP contribution in [0.2, 0.25) is 0 Å². The molecule has 0 saturated heterocycles. The summed E-state index contributed by atoms with van der Waals surface area (Å²) in [4.78, 5) is 21.1. The molecule has 0 saturated carbocycles. The van der Waals surface area contributed by atoms with Crippen LogP contribution in [0.15, 0.2) is 382 Å². The molecule has 22 rings (SSSR count). The average Bonchev–Trinajstić information content (AvgIpc) is 1.54. The van der Waals surface area contributed by atoms with Crippen molar-refractivity contribution in [3.8, 4) is 112 Å². The van der Waals surface area contributed by atoms with Gasteiger partial charge in [0.05, 0.1) is 22.8 Å². The van der Waals surface area contributed by atoms with Crippen molar-refractivity contribution >= 4 is 109 Å². The molecule has 6 aromatic heterocycles. The lowest BCUT2D eigenvalue weighted by atomic mass is 9.93. The van der Waals surface area contributed by atoms with E-state index in [-0.39, 0.29) is 0 Å². The molecule has 0 bridgehead atoms. The molecule has 0 unspecified atom stereocenters. The summed E-state index contributed by atoms with van der Waals surface area (Å²) in [5.41, 5.74) is 24.8. The standard InChI is InChI=1S/2C50H30N2O2/c1-2-14-32(15-3-1)44-30-45(52-50(51-44)43-24-10-16-31-13-4-5-17-36(31)43)35-28-33(37-20-11-22-41-39-18-6-8-25-46(39)53-48(37)41)27-34(29-35)38-21-12-23-42-40-19-7-9-26-47(40)54-49(38)42;1-2-12-32(13-3-1)44-30-45(52-50(51-44)41-18-10-14-31-11-4-5-15-38(31)41)37-26-35(33-21-23-48-42(28-33)39-16-6-8-19-46(39)53-48)25-36(27-37)34-22-24-49-43(29-34)40-17-7-9-20-47(40)54-49/h2*1-30H. The predicted octanol–water partition coefficient (Wildman–Crippen LogP) is 27.5. The van der Waals surface area contributed by atoms with Crippen molar-refractivity contribution in [1.82, 2.24) is 19.9 Å². The number of benzene rings is 16. The zero-order chi connectivity index (χ0) is 71.2. The molecular formula is C100H60N4O4. The second kappa shape index (κ2) is 25.7. The Morgan fingerprint density at radius 1 is 0.157 bits per heavy atom. The zero-order valence-corrected chi connectivity index (χ0v) is 58.1. The van der Waals surface area contributed by atoms with Gasteiger partial charge in [0.25, 0.3) is 0 Å². The third-order valence-corrected chi connectivity index (χ3v) is 21.0. The van der Waals surface area contributed by atoms with E-state index in [9.17, 15) is 0 Å². The summed E-state index contributed by atoms with van der Waals surface area (Å²) in [5.74, 6) is 1.36. The van der Waals surface area contributed by atoms with Gasteiger partial charge in [-0.25, -0.2) is 19.9 Å². The Bertz CT molecular complexity index is 7060. The molecule has 0 amide bonds. The average molecular weight is 1380 g/mol. The summed E-state index contributed by atoms with van der Waals surface area (Å²) in [6, 6.07) is 127. The van der Waals surface area contributed by atoms with Crippen LogP contribution in [-0.4, -0.2) is 19.9 Å². The molecule has 8 heteroatoms. The van der Waals surface area contributed by atoms with E-state index >= 15 is 0 Å². The van der Waals surface area contributed by atoms with Crippen molar-refractivity contribution in [2.24, 2.45) is 0 Å². The summed E-state index contributed by atoms with van der Waals surface area (Å²) >= 11 is 0. The van der Waals surface area contributed by atoms with Crippen molar-refractivity contribution in [1.29, 1.82) is 0 Å². The maximum absolute atomic E-state index is 6.59. The lowest BCUT2D eigenvalue weighted by Gasteiger charge is -2.14. The molecule has 108 heavy (non-hydrogen) atoms. The van der Waals surface area contributed by atoms with Crippen molar-refractivity contribution in [2.75, 3.05) is 0 Å². The Balaban J connectivity index is 0.000000138. The van der Waals surface area contributed by atoms with Crippen LogP contribution in [0.4, 0.5) is 0 Å². The van der Waals surface area contributed by atoms with Crippen molar-refractivity contribution in [3.05, 3.63) is 364 Å². The molecule has 0 atom stereocenters. The zero-order valence-electron chi connectivity index (χ0n) is 58.1. The van der Waals surface area contributed by atoms with Crippen molar-refractivity contribution in [3.63, 3.8) is 0 Å². The minimum absolute atomic E-state index is 0.675. The minimum atomic E-state index is 0.675. The molecule has 0 spiro atoms. The normalized spacial score (nSPS) is 11.7. The fraction of sp³-hybridized carbons (Fsp3) is 0. The molecule has 0 radical (unpaired) electrons. The van der Waals surface area contributed by atoms with Gasteiger partial charge in [0.1, 0.15) is 44.7 Å². The van der Waals surface area contributed by atoms with Crippen LogP contribution < -0.4 is 0 Å². The Labute approximate surface area is 619 Å². The van der Waals surface area contributed by atoms with E-state index in [1.165, 1.54) is 0 Å². The van der Waals surface area contributed by atoms with Gasteiger partial charge in [0.15, 0.2) is 11.6 Å². The lowest BCUT2D eigenvalue weighted by Crippen LogP contribution is -1.97. The summed E-state index contributed by atoms with van der Waals surface area (Å²) in [6.45, 7) is 0. The van der Waals surface area contributed by atoms with Crippen LogP contribution in [0.25, 0.3) is 222 Å². The third kappa shape index (κ3) is 10.9. The Kier molecular flexibility index (Phi) is 14.7. The van der Waals surface area contributed by atoms with E-state index in [2.05, 4.69) is 303 Å². The predicted molar refractivity (Wildman–Crippen MR) is 443 cm³/mol. The number of hydrogen-bond donors (Lipinski definition) is 0. The molecule has 8 nitrogen and oxygen atoms in total. The highest BCUT2D eigenvalue weighted by molar-refractivity contribution is 6.13. The first-order chi connectivity index (χ1) is 53.5. The first-order valence-electron chi connectivity index (χ1n) is 36.3. The highest BCUT2D eigenvalue weighted by Gasteiger charge is 2.22. The highest BCUT2D eigenvalue weighted by atomic mass is 16.3. The molecule has 6 heterocycles. The van der Waals surface area contributed by atoms with Crippen LogP contribution in [0.5, 0.6) is 0 Å². The number of para-hydroxylation sites is 6. The lowest BCUT2D eigenvalue weighted by molar-refractivity contribution is 0.668. The maximum Gasteiger partial charge on any atom is 0.161 e. The maximum atomic E-state index is 6.59. The number of nitrogens with zero attached hydrogens (tertiary/aromatic N) is 4. The van der Waals surface area contributed by atoms with E-state index < -0.39 is 0 Å². The number of furan rings is 4. The van der Waals surface area contributed by atoms with E-state index in [0.29, 0.717) is 11.6 Å². The Morgan fingerprint density at radius 2 is 0.454 bits per heavy atom. The molecule has 0 aliphatic heterocycles. The van der Waals surface area contributed by atoms with Crippen LogP contribution in [0.3, 0.4) is 0 Å². The van der Waals surface area contributed by atoms with Gasteiger partial charge in [-0.2, -0.15) is 0 Å². The van der Waals surface area contributed by atoms with E-state index in [1.807, 2.05) is 60.7 Å². The molecule has 16 aromatic carbocycles. The summed E-state index contributed by atoms with van der Waals surface area (Å²) in [7, 11) is 0. The Hall–Kier alpha value is -14.6.